The fourth-order valence-corrected chi connectivity index (χ4v) is 6.26. The zero-order chi connectivity index (χ0) is 21.4. The average Bonchev–Trinajstić information content (AvgIpc) is 3.42. The van der Waals surface area contributed by atoms with Gasteiger partial charge in [0.15, 0.2) is 17.3 Å². The summed E-state index contributed by atoms with van der Waals surface area (Å²) >= 11 is 3.37. The molecule has 2 aromatic carbocycles. The number of hydrogen-bond donors (Lipinski definition) is 1. The Morgan fingerprint density at radius 2 is 1.97 bits per heavy atom. The van der Waals surface area contributed by atoms with Crippen LogP contribution in [0, 0.1) is 0 Å². The first kappa shape index (κ1) is 20.7. The SMILES string of the molecule is C[C@@H]1S[C@@H](C(=O)Nc2ccc(CN3CCSC3)cc2)Cc2cc3c(cc2C1=O)OCO3. The van der Waals surface area contributed by atoms with Crippen LogP contribution in [0.25, 0.3) is 0 Å². The number of anilines is 1. The summed E-state index contributed by atoms with van der Waals surface area (Å²) in [5.41, 5.74) is 3.49. The van der Waals surface area contributed by atoms with Crippen molar-refractivity contribution < 1.29 is 19.1 Å². The van der Waals surface area contributed by atoms with Crippen LogP contribution in [-0.2, 0) is 17.8 Å². The molecule has 0 unspecified atom stereocenters. The molecule has 3 aliphatic rings. The molecule has 162 valence electrons. The molecule has 0 saturated carbocycles. The molecule has 8 heteroatoms. The normalized spacial score (nSPS) is 22.8. The highest BCUT2D eigenvalue weighted by Crippen LogP contribution is 2.39. The number of benzene rings is 2. The fraction of sp³-hybridized carbons (Fsp3) is 0.391. The number of rotatable bonds is 4. The number of ketones is 1. The second-order valence-corrected chi connectivity index (χ2v) is 10.6. The molecule has 0 bridgehead atoms. The van der Waals surface area contributed by atoms with Gasteiger partial charge in [0.25, 0.3) is 0 Å². The number of Topliss-reactive ketones (excluding diaryl/α,β-unsaturated/α-hetero) is 1. The lowest BCUT2D eigenvalue weighted by atomic mass is 9.97. The van der Waals surface area contributed by atoms with Gasteiger partial charge in [0.2, 0.25) is 12.7 Å². The Morgan fingerprint density at radius 3 is 2.71 bits per heavy atom. The van der Waals surface area contributed by atoms with Gasteiger partial charge in [0, 0.05) is 36.0 Å². The zero-order valence-electron chi connectivity index (χ0n) is 17.3. The molecule has 1 amide bonds. The Hall–Kier alpha value is -2.16. The second-order valence-electron chi connectivity index (χ2n) is 7.97. The van der Waals surface area contributed by atoms with Crippen LogP contribution < -0.4 is 14.8 Å². The third-order valence-electron chi connectivity index (χ3n) is 5.75. The Labute approximate surface area is 190 Å². The van der Waals surface area contributed by atoms with Gasteiger partial charge in [-0.25, -0.2) is 0 Å². The first-order valence-corrected chi connectivity index (χ1v) is 12.5. The minimum Gasteiger partial charge on any atom is -0.454 e. The number of thioether (sulfide) groups is 2. The number of carbonyl (C=O) groups is 2. The van der Waals surface area contributed by atoms with Crippen molar-refractivity contribution in [2.45, 2.75) is 30.4 Å². The standard InChI is InChI=1S/C23H24N2O4S2/c1-14-22(26)18-10-20-19(28-13-29-20)8-16(18)9-21(31-14)23(27)24-17-4-2-15(3-5-17)11-25-6-7-30-12-25/h2-5,8,10,14,21H,6-7,9,11-13H2,1H3,(H,24,27)/t14-,21+/m0/s1. The van der Waals surface area contributed by atoms with Gasteiger partial charge in [-0.1, -0.05) is 12.1 Å². The summed E-state index contributed by atoms with van der Waals surface area (Å²) in [5.74, 6) is 3.45. The molecule has 2 aromatic rings. The highest BCUT2D eigenvalue weighted by Gasteiger charge is 2.33. The molecule has 3 heterocycles. The van der Waals surface area contributed by atoms with Crippen molar-refractivity contribution in [2.75, 3.05) is 30.3 Å². The molecule has 1 saturated heterocycles. The maximum absolute atomic E-state index is 13.1. The molecule has 0 aliphatic carbocycles. The summed E-state index contributed by atoms with van der Waals surface area (Å²) < 4.78 is 10.9. The van der Waals surface area contributed by atoms with Crippen LogP contribution in [0.5, 0.6) is 11.5 Å². The fourth-order valence-electron chi connectivity index (χ4n) is 4.06. The van der Waals surface area contributed by atoms with E-state index in [-0.39, 0.29) is 29.0 Å². The van der Waals surface area contributed by atoms with Crippen molar-refractivity contribution in [3.05, 3.63) is 53.1 Å². The molecule has 31 heavy (non-hydrogen) atoms. The van der Waals surface area contributed by atoms with Gasteiger partial charge in [0.05, 0.1) is 10.5 Å². The van der Waals surface area contributed by atoms with Gasteiger partial charge >= 0.3 is 0 Å². The van der Waals surface area contributed by atoms with Crippen LogP contribution in [0.3, 0.4) is 0 Å². The van der Waals surface area contributed by atoms with Crippen LogP contribution in [-0.4, -0.2) is 52.1 Å². The molecule has 1 fully saturated rings. The molecular formula is C23H24N2O4S2. The molecule has 6 nitrogen and oxygen atoms in total. The van der Waals surface area contributed by atoms with Crippen LogP contribution in [0.4, 0.5) is 5.69 Å². The van der Waals surface area contributed by atoms with Crippen molar-refractivity contribution in [3.8, 4) is 11.5 Å². The first-order valence-electron chi connectivity index (χ1n) is 10.4. The van der Waals surface area contributed by atoms with Gasteiger partial charge in [0.1, 0.15) is 0 Å². The lowest BCUT2D eigenvalue weighted by Gasteiger charge is -2.17. The number of fused-ring (bicyclic) bond motifs is 2. The van der Waals surface area contributed by atoms with Gasteiger partial charge in [-0.3, -0.25) is 14.5 Å². The number of hydrogen-bond acceptors (Lipinski definition) is 7. The van der Waals surface area contributed by atoms with Gasteiger partial charge in [-0.15, -0.1) is 23.5 Å². The van der Waals surface area contributed by atoms with E-state index in [9.17, 15) is 9.59 Å². The molecule has 0 spiro atoms. The minimum absolute atomic E-state index is 0.0260. The zero-order valence-corrected chi connectivity index (χ0v) is 18.9. The van der Waals surface area contributed by atoms with Crippen molar-refractivity contribution in [1.82, 2.24) is 4.90 Å². The van der Waals surface area contributed by atoms with E-state index in [0.717, 1.165) is 30.2 Å². The molecule has 0 radical (unpaired) electrons. The summed E-state index contributed by atoms with van der Waals surface area (Å²) in [7, 11) is 0. The van der Waals surface area contributed by atoms with E-state index >= 15 is 0 Å². The predicted molar refractivity (Wildman–Crippen MR) is 124 cm³/mol. The van der Waals surface area contributed by atoms with Gasteiger partial charge < -0.3 is 14.8 Å². The third-order valence-corrected chi connectivity index (χ3v) is 8.10. The lowest BCUT2D eigenvalue weighted by molar-refractivity contribution is -0.115. The third kappa shape index (κ3) is 4.42. The summed E-state index contributed by atoms with van der Waals surface area (Å²) in [6.45, 7) is 4.08. The minimum atomic E-state index is -0.359. The Bertz CT molecular complexity index is 1010. The van der Waals surface area contributed by atoms with E-state index in [1.807, 2.05) is 36.9 Å². The van der Waals surface area contributed by atoms with Gasteiger partial charge in [-0.2, -0.15) is 0 Å². The Balaban J connectivity index is 1.29. The van der Waals surface area contributed by atoms with E-state index < -0.39 is 0 Å². The predicted octanol–water partition coefficient (Wildman–Crippen LogP) is 3.79. The maximum Gasteiger partial charge on any atom is 0.237 e. The summed E-state index contributed by atoms with van der Waals surface area (Å²) in [6, 6.07) is 11.7. The quantitative estimate of drug-likeness (QED) is 0.751. The monoisotopic (exact) mass is 456 g/mol. The highest BCUT2D eigenvalue weighted by atomic mass is 32.2. The summed E-state index contributed by atoms with van der Waals surface area (Å²) in [4.78, 5) is 28.4. The Kier molecular flexibility index (Phi) is 5.86. The van der Waals surface area contributed by atoms with Crippen molar-refractivity contribution >= 4 is 40.9 Å². The van der Waals surface area contributed by atoms with Crippen molar-refractivity contribution in [3.63, 3.8) is 0 Å². The number of nitrogens with zero attached hydrogens (tertiary/aromatic N) is 1. The Morgan fingerprint density at radius 1 is 1.19 bits per heavy atom. The average molecular weight is 457 g/mol. The van der Waals surface area contributed by atoms with E-state index in [1.54, 1.807) is 6.07 Å². The largest absolute Gasteiger partial charge is 0.454 e. The van der Waals surface area contributed by atoms with Crippen LogP contribution >= 0.6 is 23.5 Å². The van der Waals surface area contributed by atoms with E-state index in [1.165, 1.54) is 23.1 Å². The molecular weight excluding hydrogens is 432 g/mol. The summed E-state index contributed by atoms with van der Waals surface area (Å²) in [5, 5.41) is 2.37. The smallest absolute Gasteiger partial charge is 0.237 e. The number of carbonyl (C=O) groups excluding carboxylic acids is 2. The van der Waals surface area contributed by atoms with E-state index in [0.29, 0.717) is 23.5 Å². The van der Waals surface area contributed by atoms with E-state index in [4.69, 9.17) is 9.47 Å². The summed E-state index contributed by atoms with van der Waals surface area (Å²) in [6.07, 6.45) is 0.475. The van der Waals surface area contributed by atoms with Crippen LogP contribution in [0.2, 0.25) is 0 Å². The molecule has 2 atom stereocenters. The number of amides is 1. The second kappa shape index (κ2) is 8.76. The van der Waals surface area contributed by atoms with Crippen LogP contribution in [0.1, 0.15) is 28.4 Å². The van der Waals surface area contributed by atoms with Gasteiger partial charge in [-0.05, 0) is 48.7 Å². The lowest BCUT2D eigenvalue weighted by Crippen LogP contribution is -2.28. The van der Waals surface area contributed by atoms with Crippen molar-refractivity contribution in [2.24, 2.45) is 0 Å². The number of nitrogens with one attached hydrogen (secondary N) is 1. The number of ether oxygens (including phenoxy) is 2. The molecule has 1 N–H and O–H groups in total. The first-order chi connectivity index (χ1) is 15.1. The van der Waals surface area contributed by atoms with Crippen molar-refractivity contribution in [1.29, 1.82) is 0 Å². The molecule has 3 aliphatic heterocycles. The van der Waals surface area contributed by atoms with E-state index in [2.05, 4.69) is 22.3 Å². The maximum atomic E-state index is 13.1. The molecule has 5 rings (SSSR count). The highest BCUT2D eigenvalue weighted by molar-refractivity contribution is 8.02. The van der Waals surface area contributed by atoms with Crippen LogP contribution in [0.15, 0.2) is 36.4 Å². The molecule has 0 aromatic heterocycles. The topological polar surface area (TPSA) is 67.9 Å².